The molecule has 94 valence electrons. The number of rotatable bonds is 6. The zero-order valence-corrected chi connectivity index (χ0v) is 11.1. The van der Waals surface area contributed by atoms with Gasteiger partial charge in [-0.1, -0.05) is 19.3 Å². The molecule has 1 saturated carbocycles. The van der Waals surface area contributed by atoms with Crippen molar-refractivity contribution in [1.29, 1.82) is 0 Å². The molecule has 1 aliphatic rings. The number of hydrogen-bond donors (Lipinski definition) is 1. The van der Waals surface area contributed by atoms with E-state index in [-0.39, 0.29) is 5.97 Å². The molecule has 0 amide bonds. The van der Waals surface area contributed by atoms with E-state index >= 15 is 0 Å². The van der Waals surface area contributed by atoms with Crippen molar-refractivity contribution in [2.45, 2.75) is 38.1 Å². The normalized spacial score (nSPS) is 19.4. The highest BCUT2D eigenvalue weighted by molar-refractivity contribution is 7.99. The molecule has 0 saturated heterocycles. The molecule has 0 aromatic carbocycles. The van der Waals surface area contributed by atoms with Crippen molar-refractivity contribution in [3.05, 3.63) is 0 Å². The molecule has 1 atom stereocenters. The summed E-state index contributed by atoms with van der Waals surface area (Å²) >= 11 is 1.68. The molecule has 1 unspecified atom stereocenters. The van der Waals surface area contributed by atoms with E-state index in [1.165, 1.54) is 39.2 Å². The van der Waals surface area contributed by atoms with Crippen LogP contribution in [0.2, 0.25) is 0 Å². The van der Waals surface area contributed by atoms with Gasteiger partial charge in [-0.05, 0) is 25.8 Å². The molecule has 1 rings (SSSR count). The maximum atomic E-state index is 11.0. The Bertz CT molecular complexity index is 205. The Morgan fingerprint density at radius 3 is 2.69 bits per heavy atom. The van der Waals surface area contributed by atoms with Gasteiger partial charge in [-0.25, -0.2) is 0 Å². The molecule has 0 aromatic heterocycles. The molecule has 4 heteroatoms. The molecule has 1 N–H and O–H groups in total. The summed E-state index contributed by atoms with van der Waals surface area (Å²) in [6.07, 6.45) is 6.80. The zero-order valence-electron chi connectivity index (χ0n) is 10.3. The lowest BCUT2D eigenvalue weighted by molar-refractivity contribution is -0.137. The Hall–Kier alpha value is -0.220. The lowest BCUT2D eigenvalue weighted by Crippen LogP contribution is -2.37. The van der Waals surface area contributed by atoms with Gasteiger partial charge in [-0.3, -0.25) is 4.79 Å². The van der Waals surface area contributed by atoms with Crippen LogP contribution < -0.4 is 5.32 Å². The summed E-state index contributed by atoms with van der Waals surface area (Å²) in [4.78, 5) is 11.0. The Morgan fingerprint density at radius 1 is 1.44 bits per heavy atom. The highest BCUT2D eigenvalue weighted by Crippen LogP contribution is 2.27. The van der Waals surface area contributed by atoms with Gasteiger partial charge in [-0.2, -0.15) is 0 Å². The lowest BCUT2D eigenvalue weighted by atomic mass is 9.84. The molecule has 3 nitrogen and oxygen atoms in total. The number of esters is 1. The third kappa shape index (κ3) is 4.74. The average molecular weight is 245 g/mol. The van der Waals surface area contributed by atoms with Crippen LogP contribution in [0, 0.1) is 5.92 Å². The molecule has 0 aliphatic heterocycles. The van der Waals surface area contributed by atoms with Gasteiger partial charge in [0.1, 0.15) is 0 Å². The third-order valence-electron chi connectivity index (χ3n) is 3.33. The Balaban J connectivity index is 2.22. The Morgan fingerprint density at radius 2 is 2.12 bits per heavy atom. The van der Waals surface area contributed by atoms with E-state index in [1.807, 2.05) is 7.05 Å². The number of carbonyl (C=O) groups excluding carboxylic acids is 1. The summed E-state index contributed by atoms with van der Waals surface area (Å²) in [6.45, 7) is 0. The largest absolute Gasteiger partial charge is 0.468 e. The highest BCUT2D eigenvalue weighted by Gasteiger charge is 2.22. The predicted molar refractivity (Wildman–Crippen MR) is 68.8 cm³/mol. The van der Waals surface area contributed by atoms with E-state index in [0.717, 1.165) is 11.7 Å². The fraction of sp³-hybridized carbons (Fsp3) is 0.917. The monoisotopic (exact) mass is 245 g/mol. The fourth-order valence-corrected chi connectivity index (χ4v) is 3.41. The first-order valence-electron chi connectivity index (χ1n) is 6.09. The van der Waals surface area contributed by atoms with E-state index in [2.05, 4.69) is 10.1 Å². The topological polar surface area (TPSA) is 38.3 Å². The number of ether oxygens (including phenoxy) is 1. The standard InChI is InChI=1S/C12H23NO2S/c1-13-11(8-16-9-12(14)15-2)10-6-4-3-5-7-10/h10-11,13H,3-9H2,1-2H3. The molecule has 0 heterocycles. The summed E-state index contributed by atoms with van der Waals surface area (Å²) in [5.74, 6) is 2.16. The second-order valence-electron chi connectivity index (χ2n) is 4.38. The minimum Gasteiger partial charge on any atom is -0.468 e. The van der Waals surface area contributed by atoms with Crippen molar-refractivity contribution in [3.63, 3.8) is 0 Å². The fourth-order valence-electron chi connectivity index (χ4n) is 2.32. The van der Waals surface area contributed by atoms with Crippen LogP contribution in [0.1, 0.15) is 32.1 Å². The summed E-state index contributed by atoms with van der Waals surface area (Å²) in [7, 11) is 3.47. The van der Waals surface area contributed by atoms with Gasteiger partial charge >= 0.3 is 5.97 Å². The second kappa shape index (κ2) is 7.96. The maximum Gasteiger partial charge on any atom is 0.315 e. The smallest absolute Gasteiger partial charge is 0.315 e. The van der Waals surface area contributed by atoms with Crippen molar-refractivity contribution in [2.24, 2.45) is 5.92 Å². The molecule has 0 radical (unpaired) electrons. The quantitative estimate of drug-likeness (QED) is 0.727. The molecule has 16 heavy (non-hydrogen) atoms. The van der Waals surface area contributed by atoms with Crippen LogP contribution in [0.3, 0.4) is 0 Å². The molecular weight excluding hydrogens is 222 g/mol. The van der Waals surface area contributed by atoms with Crippen molar-refractivity contribution in [3.8, 4) is 0 Å². The number of nitrogens with one attached hydrogen (secondary N) is 1. The van der Waals surface area contributed by atoms with Crippen molar-refractivity contribution in [1.82, 2.24) is 5.32 Å². The molecular formula is C12H23NO2S. The maximum absolute atomic E-state index is 11.0. The van der Waals surface area contributed by atoms with Gasteiger partial charge in [0.2, 0.25) is 0 Å². The molecule has 1 fully saturated rings. The van der Waals surface area contributed by atoms with Crippen molar-refractivity contribution >= 4 is 17.7 Å². The Labute approximate surface area is 103 Å². The summed E-state index contributed by atoms with van der Waals surface area (Å²) in [6, 6.07) is 0.551. The minimum atomic E-state index is -0.122. The van der Waals surface area contributed by atoms with Crippen LogP contribution in [0.25, 0.3) is 0 Å². The van der Waals surface area contributed by atoms with Crippen LogP contribution in [-0.4, -0.2) is 37.7 Å². The van der Waals surface area contributed by atoms with Gasteiger partial charge < -0.3 is 10.1 Å². The first kappa shape index (κ1) is 13.8. The number of hydrogen-bond acceptors (Lipinski definition) is 4. The van der Waals surface area contributed by atoms with Crippen LogP contribution in [-0.2, 0) is 9.53 Å². The van der Waals surface area contributed by atoms with Crippen LogP contribution >= 0.6 is 11.8 Å². The zero-order chi connectivity index (χ0) is 11.8. The third-order valence-corrected chi connectivity index (χ3v) is 4.37. The van der Waals surface area contributed by atoms with Gasteiger partial charge in [0.25, 0.3) is 0 Å². The molecule has 0 spiro atoms. The van der Waals surface area contributed by atoms with Gasteiger partial charge in [0, 0.05) is 11.8 Å². The first-order valence-corrected chi connectivity index (χ1v) is 7.25. The summed E-state index contributed by atoms with van der Waals surface area (Å²) in [5, 5.41) is 3.39. The van der Waals surface area contributed by atoms with Crippen molar-refractivity contribution in [2.75, 3.05) is 25.7 Å². The number of thioether (sulfide) groups is 1. The Kier molecular flexibility index (Phi) is 6.88. The van der Waals surface area contributed by atoms with Gasteiger partial charge in [0.05, 0.1) is 12.9 Å². The van der Waals surface area contributed by atoms with E-state index in [9.17, 15) is 4.79 Å². The van der Waals surface area contributed by atoms with E-state index in [1.54, 1.807) is 11.8 Å². The van der Waals surface area contributed by atoms with E-state index < -0.39 is 0 Å². The van der Waals surface area contributed by atoms with Gasteiger partial charge in [-0.15, -0.1) is 11.8 Å². The average Bonchev–Trinajstić information content (AvgIpc) is 2.35. The SMILES string of the molecule is CNC(CSCC(=O)OC)C1CCCCC1. The molecule has 1 aliphatic carbocycles. The van der Waals surface area contributed by atoms with Gasteiger partial charge in [0.15, 0.2) is 0 Å². The second-order valence-corrected chi connectivity index (χ2v) is 5.41. The first-order chi connectivity index (χ1) is 7.77. The summed E-state index contributed by atoms with van der Waals surface area (Å²) < 4.78 is 4.63. The van der Waals surface area contributed by atoms with Crippen LogP contribution in [0.5, 0.6) is 0 Å². The summed E-state index contributed by atoms with van der Waals surface area (Å²) in [5.41, 5.74) is 0. The highest BCUT2D eigenvalue weighted by atomic mass is 32.2. The lowest BCUT2D eigenvalue weighted by Gasteiger charge is -2.29. The minimum absolute atomic E-state index is 0.122. The number of carbonyl (C=O) groups is 1. The number of methoxy groups -OCH3 is 1. The predicted octanol–water partition coefficient (Wildman–Crippen LogP) is 2.06. The molecule has 0 aromatic rings. The van der Waals surface area contributed by atoms with Crippen molar-refractivity contribution < 1.29 is 9.53 Å². The van der Waals surface area contributed by atoms with Crippen LogP contribution in [0.15, 0.2) is 0 Å². The van der Waals surface area contributed by atoms with E-state index in [0.29, 0.717) is 11.8 Å². The van der Waals surface area contributed by atoms with Crippen LogP contribution in [0.4, 0.5) is 0 Å². The van der Waals surface area contributed by atoms with E-state index in [4.69, 9.17) is 0 Å². The molecule has 0 bridgehead atoms.